The van der Waals surface area contributed by atoms with Crippen LogP contribution in [-0.2, 0) is 18.0 Å². The predicted octanol–water partition coefficient (Wildman–Crippen LogP) is 3.40. The van der Waals surface area contributed by atoms with Crippen LogP contribution in [0, 0.1) is 11.6 Å². The maximum absolute atomic E-state index is 13.7. The summed E-state index contributed by atoms with van der Waals surface area (Å²) in [5.74, 6) is -1.89. The van der Waals surface area contributed by atoms with Crippen molar-refractivity contribution in [2.45, 2.75) is 13.2 Å². The summed E-state index contributed by atoms with van der Waals surface area (Å²) in [7, 11) is 1.56. The Morgan fingerprint density at radius 1 is 1.05 bits per heavy atom. The number of aliphatic hydroxyl groups is 1. The number of hydrogen-bond donors (Lipinski definition) is 1. The van der Waals surface area contributed by atoms with Crippen molar-refractivity contribution in [2.24, 2.45) is 0 Å². The van der Waals surface area contributed by atoms with E-state index in [0.29, 0.717) is 12.4 Å². The quantitative estimate of drug-likeness (QED) is 0.912. The Morgan fingerprint density at radius 3 is 2.35 bits per heavy atom. The molecule has 0 unspecified atom stereocenters. The molecule has 20 heavy (non-hydrogen) atoms. The van der Waals surface area contributed by atoms with Crippen LogP contribution in [0.25, 0.3) is 0 Å². The van der Waals surface area contributed by atoms with Gasteiger partial charge in [0.15, 0.2) is 17.4 Å². The van der Waals surface area contributed by atoms with Gasteiger partial charge in [-0.3, -0.25) is 0 Å². The second kappa shape index (κ2) is 6.45. The molecule has 0 spiro atoms. The van der Waals surface area contributed by atoms with Gasteiger partial charge in [0, 0.05) is 7.11 Å². The van der Waals surface area contributed by atoms with Crippen molar-refractivity contribution < 1.29 is 23.4 Å². The normalized spacial score (nSPS) is 10.6. The molecule has 2 aromatic rings. The molecular formula is C15H14F2O3. The molecule has 5 heteroatoms. The summed E-state index contributed by atoms with van der Waals surface area (Å²) in [6.07, 6.45) is 0. The smallest absolute Gasteiger partial charge is 0.198 e. The molecule has 2 aromatic carbocycles. The van der Waals surface area contributed by atoms with E-state index in [2.05, 4.69) is 0 Å². The van der Waals surface area contributed by atoms with Crippen LogP contribution in [0.3, 0.4) is 0 Å². The largest absolute Gasteiger partial charge is 0.451 e. The zero-order chi connectivity index (χ0) is 14.5. The van der Waals surface area contributed by atoms with Gasteiger partial charge in [-0.05, 0) is 35.4 Å². The Balaban J connectivity index is 2.28. The zero-order valence-corrected chi connectivity index (χ0v) is 10.9. The first-order valence-corrected chi connectivity index (χ1v) is 5.98. The van der Waals surface area contributed by atoms with E-state index in [-0.39, 0.29) is 5.56 Å². The first-order valence-electron chi connectivity index (χ1n) is 5.98. The Kier molecular flexibility index (Phi) is 4.65. The van der Waals surface area contributed by atoms with Gasteiger partial charge in [-0.2, -0.15) is 0 Å². The zero-order valence-electron chi connectivity index (χ0n) is 10.9. The molecule has 0 radical (unpaired) electrons. The molecule has 0 atom stereocenters. The monoisotopic (exact) mass is 280 g/mol. The van der Waals surface area contributed by atoms with E-state index in [1.165, 1.54) is 0 Å². The molecule has 0 saturated heterocycles. The molecule has 0 saturated carbocycles. The maximum Gasteiger partial charge on any atom is 0.198 e. The highest BCUT2D eigenvalue weighted by Gasteiger charge is 2.13. The lowest BCUT2D eigenvalue weighted by atomic mass is 10.2. The number of benzene rings is 2. The SMILES string of the molecule is COCc1cccc(Oc2c(F)cc(CO)cc2F)c1. The van der Waals surface area contributed by atoms with Gasteiger partial charge >= 0.3 is 0 Å². The van der Waals surface area contributed by atoms with E-state index in [0.717, 1.165) is 17.7 Å². The van der Waals surface area contributed by atoms with Crippen LogP contribution in [-0.4, -0.2) is 12.2 Å². The van der Waals surface area contributed by atoms with Gasteiger partial charge in [0.1, 0.15) is 5.75 Å². The fraction of sp³-hybridized carbons (Fsp3) is 0.200. The molecule has 0 aliphatic heterocycles. The summed E-state index contributed by atoms with van der Waals surface area (Å²) < 4.78 is 37.7. The second-order valence-corrected chi connectivity index (χ2v) is 4.23. The molecule has 2 rings (SSSR count). The topological polar surface area (TPSA) is 38.7 Å². The van der Waals surface area contributed by atoms with Gasteiger partial charge in [0.25, 0.3) is 0 Å². The predicted molar refractivity (Wildman–Crippen MR) is 69.5 cm³/mol. The summed E-state index contributed by atoms with van der Waals surface area (Å²) >= 11 is 0. The van der Waals surface area contributed by atoms with Crippen LogP contribution < -0.4 is 4.74 Å². The van der Waals surface area contributed by atoms with Crippen LogP contribution in [0.15, 0.2) is 36.4 Å². The van der Waals surface area contributed by atoms with E-state index in [1.807, 2.05) is 6.07 Å². The minimum absolute atomic E-state index is 0.153. The fourth-order valence-corrected chi connectivity index (χ4v) is 1.78. The van der Waals surface area contributed by atoms with E-state index >= 15 is 0 Å². The third kappa shape index (κ3) is 3.31. The molecule has 0 bridgehead atoms. The van der Waals surface area contributed by atoms with Crippen molar-refractivity contribution in [3.63, 3.8) is 0 Å². The number of rotatable bonds is 5. The van der Waals surface area contributed by atoms with Crippen LogP contribution in [0.5, 0.6) is 11.5 Å². The van der Waals surface area contributed by atoms with Crippen molar-refractivity contribution in [3.8, 4) is 11.5 Å². The summed E-state index contributed by atoms with van der Waals surface area (Å²) in [4.78, 5) is 0. The first-order chi connectivity index (χ1) is 9.63. The third-order valence-electron chi connectivity index (χ3n) is 2.67. The fourth-order valence-electron chi connectivity index (χ4n) is 1.78. The molecular weight excluding hydrogens is 266 g/mol. The summed E-state index contributed by atoms with van der Waals surface area (Å²) in [5, 5.41) is 8.87. The van der Waals surface area contributed by atoms with Gasteiger partial charge < -0.3 is 14.6 Å². The summed E-state index contributed by atoms with van der Waals surface area (Å²) in [6, 6.07) is 8.84. The Morgan fingerprint density at radius 2 is 1.75 bits per heavy atom. The van der Waals surface area contributed by atoms with Gasteiger partial charge in [-0.15, -0.1) is 0 Å². The number of hydrogen-bond acceptors (Lipinski definition) is 3. The summed E-state index contributed by atoms with van der Waals surface area (Å²) in [6.45, 7) is -0.0525. The molecule has 1 N–H and O–H groups in total. The average molecular weight is 280 g/mol. The lowest BCUT2D eigenvalue weighted by Crippen LogP contribution is -1.96. The van der Waals surface area contributed by atoms with E-state index < -0.39 is 24.0 Å². The molecule has 0 fully saturated rings. The second-order valence-electron chi connectivity index (χ2n) is 4.23. The number of aliphatic hydroxyl groups excluding tert-OH is 1. The average Bonchev–Trinajstić information content (AvgIpc) is 2.43. The van der Waals surface area contributed by atoms with Gasteiger partial charge in [-0.1, -0.05) is 12.1 Å². The van der Waals surface area contributed by atoms with Gasteiger partial charge in [-0.25, -0.2) is 8.78 Å². The van der Waals surface area contributed by atoms with Crippen LogP contribution >= 0.6 is 0 Å². The molecule has 3 nitrogen and oxygen atoms in total. The minimum atomic E-state index is -0.855. The standard InChI is InChI=1S/C15H14F2O3/c1-19-9-10-3-2-4-12(5-10)20-15-13(16)6-11(8-18)7-14(15)17/h2-7,18H,8-9H2,1H3. The molecule has 0 aliphatic carbocycles. The summed E-state index contributed by atoms with van der Waals surface area (Å²) in [5.41, 5.74) is 0.985. The van der Waals surface area contributed by atoms with Crippen molar-refractivity contribution in [3.05, 3.63) is 59.2 Å². The Hall–Kier alpha value is -1.98. The van der Waals surface area contributed by atoms with E-state index in [9.17, 15) is 8.78 Å². The van der Waals surface area contributed by atoms with Crippen molar-refractivity contribution >= 4 is 0 Å². The minimum Gasteiger partial charge on any atom is -0.451 e. The molecule has 0 heterocycles. The lowest BCUT2D eigenvalue weighted by molar-refractivity contribution is 0.184. The first kappa shape index (κ1) is 14.4. The number of ether oxygens (including phenoxy) is 2. The Labute approximate surface area is 115 Å². The molecule has 0 aromatic heterocycles. The van der Waals surface area contributed by atoms with E-state index in [1.54, 1.807) is 25.3 Å². The van der Waals surface area contributed by atoms with Crippen molar-refractivity contribution in [2.75, 3.05) is 7.11 Å². The highest BCUT2D eigenvalue weighted by atomic mass is 19.1. The highest BCUT2D eigenvalue weighted by Crippen LogP contribution is 2.29. The number of methoxy groups -OCH3 is 1. The van der Waals surface area contributed by atoms with Crippen LogP contribution in [0.1, 0.15) is 11.1 Å². The molecule has 0 aliphatic rings. The molecule has 0 amide bonds. The number of halogens is 2. The highest BCUT2D eigenvalue weighted by molar-refractivity contribution is 5.37. The van der Waals surface area contributed by atoms with Crippen molar-refractivity contribution in [1.29, 1.82) is 0 Å². The third-order valence-corrected chi connectivity index (χ3v) is 2.67. The maximum atomic E-state index is 13.7. The lowest BCUT2D eigenvalue weighted by Gasteiger charge is -2.10. The van der Waals surface area contributed by atoms with Crippen molar-refractivity contribution in [1.82, 2.24) is 0 Å². The van der Waals surface area contributed by atoms with Crippen LogP contribution in [0.4, 0.5) is 8.78 Å². The molecule has 106 valence electrons. The Bertz CT molecular complexity index is 576. The van der Waals surface area contributed by atoms with Crippen LogP contribution in [0.2, 0.25) is 0 Å². The van der Waals surface area contributed by atoms with Gasteiger partial charge in [0.2, 0.25) is 0 Å². The van der Waals surface area contributed by atoms with Gasteiger partial charge in [0.05, 0.1) is 13.2 Å². The van der Waals surface area contributed by atoms with E-state index in [4.69, 9.17) is 14.6 Å².